The highest BCUT2D eigenvalue weighted by Gasteiger charge is 2.31. The van der Waals surface area contributed by atoms with Crippen molar-refractivity contribution in [3.8, 4) is 0 Å². The Morgan fingerprint density at radius 2 is 2.30 bits per heavy atom. The highest BCUT2D eigenvalue weighted by Crippen LogP contribution is 2.29. The summed E-state index contributed by atoms with van der Waals surface area (Å²) in [5.41, 5.74) is 1.50. The number of nitrogens with zero attached hydrogens (tertiary/aromatic N) is 3. The zero-order chi connectivity index (χ0) is 14.3. The van der Waals surface area contributed by atoms with E-state index in [1.807, 2.05) is 10.6 Å². The first-order valence-electron chi connectivity index (χ1n) is 6.29. The summed E-state index contributed by atoms with van der Waals surface area (Å²) in [5.74, 6) is 1.64. The molecule has 1 aliphatic heterocycles. The van der Waals surface area contributed by atoms with Gasteiger partial charge in [0.2, 0.25) is 0 Å². The van der Waals surface area contributed by atoms with Gasteiger partial charge in [-0.15, -0.1) is 11.6 Å². The molecule has 0 aromatic carbocycles. The fraction of sp³-hybridized carbons (Fsp3) is 0.500. The third-order valence-corrected chi connectivity index (χ3v) is 5.83. The molecule has 0 radical (unpaired) electrons. The molecule has 20 heavy (non-hydrogen) atoms. The lowest BCUT2D eigenvalue weighted by Crippen LogP contribution is -2.15. The maximum Gasteiger partial charge on any atom is 0.160 e. The van der Waals surface area contributed by atoms with Crippen LogP contribution in [0.25, 0.3) is 11.2 Å². The van der Waals surface area contributed by atoms with Crippen molar-refractivity contribution in [3.63, 3.8) is 0 Å². The molecule has 5 nitrogen and oxygen atoms in total. The van der Waals surface area contributed by atoms with Crippen LogP contribution >= 0.6 is 27.5 Å². The van der Waals surface area contributed by atoms with Gasteiger partial charge in [-0.05, 0) is 28.4 Å². The summed E-state index contributed by atoms with van der Waals surface area (Å²) in [6.07, 6.45) is 2.92. The topological polar surface area (TPSA) is 64.8 Å². The molecule has 0 saturated carbocycles. The van der Waals surface area contributed by atoms with Gasteiger partial charge in [0, 0.05) is 23.0 Å². The molecule has 1 fully saturated rings. The van der Waals surface area contributed by atoms with E-state index in [4.69, 9.17) is 11.6 Å². The number of alkyl halides is 1. The molecule has 0 spiro atoms. The largest absolute Gasteiger partial charge is 0.308 e. The van der Waals surface area contributed by atoms with E-state index in [9.17, 15) is 8.42 Å². The molecule has 1 unspecified atom stereocenters. The number of fused-ring (bicyclic) bond motifs is 1. The summed E-state index contributed by atoms with van der Waals surface area (Å²) >= 11 is 9.20. The van der Waals surface area contributed by atoms with Crippen molar-refractivity contribution in [2.24, 2.45) is 0 Å². The van der Waals surface area contributed by atoms with Crippen LogP contribution in [0.1, 0.15) is 18.3 Å². The lowest BCUT2D eigenvalue weighted by molar-refractivity contribution is 0.545. The van der Waals surface area contributed by atoms with Crippen molar-refractivity contribution in [2.75, 3.05) is 17.4 Å². The monoisotopic (exact) mass is 377 g/mol. The second-order valence-electron chi connectivity index (χ2n) is 4.89. The minimum absolute atomic E-state index is 0.0862. The summed E-state index contributed by atoms with van der Waals surface area (Å²) in [4.78, 5) is 8.94. The lowest BCUT2D eigenvalue weighted by Gasteiger charge is -2.14. The molecule has 1 atom stereocenters. The predicted octanol–water partition coefficient (Wildman–Crippen LogP) is 2.33. The second-order valence-corrected chi connectivity index (χ2v) is 8.41. The normalized spacial score (nSPS) is 21.6. The first kappa shape index (κ1) is 14.3. The van der Waals surface area contributed by atoms with Crippen molar-refractivity contribution in [2.45, 2.75) is 18.9 Å². The van der Waals surface area contributed by atoms with Gasteiger partial charge in [-0.2, -0.15) is 0 Å². The van der Waals surface area contributed by atoms with E-state index in [0.29, 0.717) is 18.7 Å². The van der Waals surface area contributed by atoms with Gasteiger partial charge in [-0.1, -0.05) is 0 Å². The second kappa shape index (κ2) is 5.27. The number of sulfone groups is 1. The summed E-state index contributed by atoms with van der Waals surface area (Å²) in [6.45, 7) is 0. The fourth-order valence-electron chi connectivity index (χ4n) is 2.63. The maximum absolute atomic E-state index is 11.7. The third kappa shape index (κ3) is 2.58. The van der Waals surface area contributed by atoms with Crippen molar-refractivity contribution < 1.29 is 8.42 Å². The van der Waals surface area contributed by atoms with Crippen LogP contribution in [0, 0.1) is 0 Å². The summed E-state index contributed by atoms with van der Waals surface area (Å²) < 4.78 is 26.2. The Kier molecular flexibility index (Phi) is 3.77. The zero-order valence-electron chi connectivity index (χ0n) is 10.6. The van der Waals surface area contributed by atoms with Crippen molar-refractivity contribution in [3.05, 3.63) is 22.6 Å². The Morgan fingerprint density at radius 1 is 1.50 bits per heavy atom. The summed E-state index contributed by atoms with van der Waals surface area (Å²) in [5, 5.41) is 0. The Bertz CT molecular complexity index is 759. The van der Waals surface area contributed by atoms with E-state index in [1.54, 1.807) is 6.20 Å². The van der Waals surface area contributed by atoms with Crippen molar-refractivity contribution in [1.29, 1.82) is 0 Å². The molecule has 0 bridgehead atoms. The van der Waals surface area contributed by atoms with Gasteiger partial charge < -0.3 is 4.57 Å². The quantitative estimate of drug-likeness (QED) is 0.769. The molecule has 0 aliphatic carbocycles. The highest BCUT2D eigenvalue weighted by molar-refractivity contribution is 9.10. The van der Waals surface area contributed by atoms with E-state index in [1.165, 1.54) is 0 Å². The zero-order valence-corrected chi connectivity index (χ0v) is 13.7. The summed E-state index contributed by atoms with van der Waals surface area (Å²) in [6, 6.07) is 1.80. The molecule has 8 heteroatoms. The van der Waals surface area contributed by atoms with Crippen LogP contribution < -0.4 is 0 Å². The number of pyridine rings is 1. The Hall–Kier alpha value is -0.660. The molecule has 3 rings (SSSR count). The molecule has 0 N–H and O–H groups in total. The van der Waals surface area contributed by atoms with Crippen molar-refractivity contribution >= 4 is 48.5 Å². The summed E-state index contributed by atoms with van der Waals surface area (Å²) in [7, 11) is -2.95. The van der Waals surface area contributed by atoms with Crippen LogP contribution in [-0.2, 0) is 16.3 Å². The standard InChI is InChI=1S/C12H13BrClN3O2S/c13-8-5-10-12(15-6-8)17(11(16-10)1-3-14)9-2-4-20(18,19)7-9/h5-6,9H,1-4,7H2. The van der Waals surface area contributed by atoms with E-state index >= 15 is 0 Å². The van der Waals surface area contributed by atoms with Crippen LogP contribution in [0.2, 0.25) is 0 Å². The molecule has 1 aliphatic rings. The number of halogens is 2. The van der Waals surface area contributed by atoms with E-state index < -0.39 is 9.84 Å². The number of hydrogen-bond donors (Lipinski definition) is 0. The minimum Gasteiger partial charge on any atom is -0.308 e. The molecular formula is C12H13BrClN3O2S. The molecule has 1 saturated heterocycles. The number of aromatic nitrogens is 3. The number of imidazole rings is 1. The average molecular weight is 379 g/mol. The SMILES string of the molecule is O=S1(=O)CCC(n2c(CCCl)nc3cc(Br)cnc32)C1. The minimum atomic E-state index is -2.95. The van der Waals surface area contributed by atoms with Crippen molar-refractivity contribution in [1.82, 2.24) is 14.5 Å². The van der Waals surface area contributed by atoms with Gasteiger partial charge in [0.05, 0.1) is 17.5 Å². The maximum atomic E-state index is 11.7. The molecule has 3 heterocycles. The van der Waals surface area contributed by atoms with Crippen LogP contribution in [-0.4, -0.2) is 40.3 Å². The predicted molar refractivity (Wildman–Crippen MR) is 82.0 cm³/mol. The molecule has 2 aromatic rings. The van der Waals surface area contributed by atoms with Gasteiger partial charge >= 0.3 is 0 Å². The molecule has 108 valence electrons. The van der Waals surface area contributed by atoms with Crippen LogP contribution in [0.4, 0.5) is 0 Å². The smallest absolute Gasteiger partial charge is 0.160 e. The first-order valence-corrected chi connectivity index (χ1v) is 9.44. The Labute approximate surface area is 130 Å². The first-order chi connectivity index (χ1) is 9.50. The van der Waals surface area contributed by atoms with E-state index in [0.717, 1.165) is 21.5 Å². The Balaban J connectivity index is 2.14. The van der Waals surface area contributed by atoms with Gasteiger partial charge in [-0.25, -0.2) is 18.4 Å². The van der Waals surface area contributed by atoms with Gasteiger partial charge in [0.15, 0.2) is 15.5 Å². The van der Waals surface area contributed by atoms with E-state index in [2.05, 4.69) is 25.9 Å². The van der Waals surface area contributed by atoms with Crippen LogP contribution in [0.5, 0.6) is 0 Å². The molecule has 2 aromatic heterocycles. The average Bonchev–Trinajstić information content (AvgIpc) is 2.89. The van der Waals surface area contributed by atoms with Gasteiger partial charge in [0.25, 0.3) is 0 Å². The molecular weight excluding hydrogens is 366 g/mol. The number of hydrogen-bond acceptors (Lipinski definition) is 4. The van der Waals surface area contributed by atoms with E-state index in [-0.39, 0.29) is 17.5 Å². The Morgan fingerprint density at radius 3 is 2.95 bits per heavy atom. The fourth-order valence-corrected chi connectivity index (χ4v) is 4.82. The third-order valence-electron chi connectivity index (χ3n) is 3.46. The van der Waals surface area contributed by atoms with Gasteiger partial charge in [0.1, 0.15) is 11.3 Å². The van der Waals surface area contributed by atoms with Crippen LogP contribution in [0.3, 0.4) is 0 Å². The highest BCUT2D eigenvalue weighted by atomic mass is 79.9. The number of aryl methyl sites for hydroxylation is 1. The molecule has 0 amide bonds. The van der Waals surface area contributed by atoms with Gasteiger partial charge in [-0.3, -0.25) is 0 Å². The number of rotatable bonds is 3. The van der Waals surface area contributed by atoms with Crippen LogP contribution in [0.15, 0.2) is 16.7 Å². The lowest BCUT2D eigenvalue weighted by atomic mass is 10.2.